The minimum Gasteiger partial charge on any atom is -0.359 e. The molecule has 1 N–H and O–H groups in total. The maximum absolute atomic E-state index is 13.2. The van der Waals surface area contributed by atoms with Gasteiger partial charge in [0.05, 0.1) is 16.6 Å². The summed E-state index contributed by atoms with van der Waals surface area (Å²) in [5.41, 5.74) is -4.37. The Morgan fingerprint density at radius 3 is 2.81 bits per heavy atom. The lowest BCUT2D eigenvalue weighted by atomic mass is 10.00. The number of rotatable bonds is 7. The number of hydrogen-bond donors (Lipinski definition) is 1. The van der Waals surface area contributed by atoms with Gasteiger partial charge in [0.1, 0.15) is 18.0 Å². The molecule has 1 aliphatic heterocycles. The van der Waals surface area contributed by atoms with Crippen molar-refractivity contribution in [2.75, 3.05) is 22.8 Å². The molecular formula is C22H21F3N6O4S. The predicted molar refractivity (Wildman–Crippen MR) is 125 cm³/mol. The van der Waals surface area contributed by atoms with Crippen LogP contribution in [0.15, 0.2) is 45.1 Å². The molecule has 0 aliphatic carbocycles. The van der Waals surface area contributed by atoms with Crippen molar-refractivity contribution in [3.05, 3.63) is 41.5 Å². The summed E-state index contributed by atoms with van der Waals surface area (Å²) in [7, 11) is -5.74. The molecule has 2 aromatic carbocycles. The topological polar surface area (TPSA) is 133 Å². The summed E-state index contributed by atoms with van der Waals surface area (Å²) in [5.74, 6) is -0.0731. The quantitative estimate of drug-likeness (QED) is 0.404. The molecule has 0 saturated carbocycles. The molecule has 2 heterocycles. The van der Waals surface area contributed by atoms with E-state index in [1.807, 2.05) is 17.9 Å². The molecule has 0 radical (unpaired) electrons. The Morgan fingerprint density at radius 1 is 1.33 bits per heavy atom. The highest BCUT2D eigenvalue weighted by atomic mass is 32.2. The molecular weight excluding hydrogens is 501 g/mol. The Kier molecular flexibility index (Phi) is 6.87. The molecule has 4 rings (SSSR count). The van der Waals surface area contributed by atoms with Crippen molar-refractivity contribution in [2.45, 2.75) is 38.4 Å². The molecule has 3 aromatic rings. The van der Waals surface area contributed by atoms with E-state index in [9.17, 15) is 26.9 Å². The summed E-state index contributed by atoms with van der Waals surface area (Å²) in [6.07, 6.45) is 0.943. The average molecular weight is 523 g/mol. The number of ether oxygens (including phenoxy) is 1. The van der Waals surface area contributed by atoms with E-state index in [-0.39, 0.29) is 34.3 Å². The molecule has 190 valence electrons. The molecule has 10 nitrogen and oxygen atoms in total. The monoisotopic (exact) mass is 522 g/mol. The van der Waals surface area contributed by atoms with E-state index < -0.39 is 21.2 Å². The molecule has 36 heavy (non-hydrogen) atoms. The Hall–Kier alpha value is -3.70. The van der Waals surface area contributed by atoms with E-state index in [1.54, 1.807) is 23.8 Å². The van der Waals surface area contributed by atoms with Gasteiger partial charge in [-0.1, -0.05) is 11.2 Å². The molecule has 0 amide bonds. The number of fused-ring (bicyclic) bond motifs is 2. The predicted octanol–water partition coefficient (Wildman–Crippen LogP) is 5.51. The SMILES string of the molecule is CCOC(C)N1CCCc2cc(N=Nc3noc4cccc(C#N)c34)c(NS(=O)(=O)C(F)(F)F)cc21. The highest BCUT2D eigenvalue weighted by Gasteiger charge is 2.46. The van der Waals surface area contributed by atoms with Crippen LogP contribution in [0.25, 0.3) is 11.0 Å². The van der Waals surface area contributed by atoms with Crippen molar-refractivity contribution in [3.63, 3.8) is 0 Å². The van der Waals surface area contributed by atoms with E-state index >= 15 is 0 Å². The fourth-order valence-electron chi connectivity index (χ4n) is 3.96. The van der Waals surface area contributed by atoms with Gasteiger partial charge >= 0.3 is 15.5 Å². The molecule has 0 spiro atoms. The minimum absolute atomic E-state index is 0.0731. The molecule has 1 atom stereocenters. The van der Waals surface area contributed by atoms with Gasteiger partial charge in [0.25, 0.3) is 0 Å². The zero-order valence-corrected chi connectivity index (χ0v) is 20.0. The number of azo groups is 1. The molecule has 1 aromatic heterocycles. The number of nitrogens with one attached hydrogen (secondary N) is 1. The second kappa shape index (κ2) is 9.75. The maximum atomic E-state index is 13.2. The first-order valence-corrected chi connectivity index (χ1v) is 12.4. The molecule has 1 unspecified atom stereocenters. The fraction of sp³-hybridized carbons (Fsp3) is 0.364. The normalized spacial score (nSPS) is 15.2. The van der Waals surface area contributed by atoms with Crippen molar-refractivity contribution in [1.29, 1.82) is 5.26 Å². The van der Waals surface area contributed by atoms with Crippen LogP contribution >= 0.6 is 0 Å². The van der Waals surface area contributed by atoms with Crippen LogP contribution < -0.4 is 9.62 Å². The van der Waals surface area contributed by atoms with Gasteiger partial charge in [-0.3, -0.25) is 4.72 Å². The number of aryl methyl sites for hydroxylation is 1. The highest BCUT2D eigenvalue weighted by molar-refractivity contribution is 7.93. The van der Waals surface area contributed by atoms with Crippen molar-refractivity contribution in [3.8, 4) is 6.07 Å². The zero-order chi connectivity index (χ0) is 26.1. The molecule has 0 saturated heterocycles. The number of sulfonamides is 1. The summed E-state index contributed by atoms with van der Waals surface area (Å²) in [6.45, 7) is 4.61. The highest BCUT2D eigenvalue weighted by Crippen LogP contribution is 2.40. The van der Waals surface area contributed by atoms with Gasteiger partial charge in [-0.15, -0.1) is 10.2 Å². The number of benzene rings is 2. The first-order chi connectivity index (χ1) is 17.1. The standard InChI is InChI=1S/C22H21F3N6O4S/c1-3-34-13(2)31-9-5-7-14-10-16(17(11-18(14)31)30-36(32,33)22(23,24)25)27-28-21-20-15(12-26)6-4-8-19(20)35-29-21/h4,6,8,10-11,13,30H,3,5,7,9H2,1-2H3. The number of anilines is 2. The number of nitrogens with zero attached hydrogens (tertiary/aromatic N) is 5. The number of hydrogen-bond acceptors (Lipinski definition) is 9. The molecule has 0 fully saturated rings. The van der Waals surface area contributed by atoms with Crippen LogP contribution in [0.2, 0.25) is 0 Å². The van der Waals surface area contributed by atoms with Crippen molar-refractivity contribution < 1.29 is 30.8 Å². The Morgan fingerprint density at radius 2 is 2.11 bits per heavy atom. The van der Waals surface area contributed by atoms with Crippen molar-refractivity contribution >= 4 is 43.9 Å². The number of nitriles is 1. The van der Waals surface area contributed by atoms with Crippen LogP contribution in [-0.2, 0) is 21.2 Å². The van der Waals surface area contributed by atoms with Gasteiger partial charge in [0.15, 0.2) is 5.58 Å². The number of alkyl halides is 3. The Bertz CT molecular complexity index is 1460. The van der Waals surface area contributed by atoms with Gasteiger partial charge in [-0.2, -0.15) is 26.9 Å². The van der Waals surface area contributed by atoms with Crippen LogP contribution in [-0.4, -0.2) is 38.5 Å². The lowest BCUT2D eigenvalue weighted by Gasteiger charge is -2.36. The fourth-order valence-corrected chi connectivity index (χ4v) is 4.53. The summed E-state index contributed by atoms with van der Waals surface area (Å²) in [5, 5.41) is 21.4. The Balaban J connectivity index is 1.83. The number of halogens is 3. The zero-order valence-electron chi connectivity index (χ0n) is 19.2. The largest absolute Gasteiger partial charge is 0.516 e. The first-order valence-electron chi connectivity index (χ1n) is 10.9. The smallest absolute Gasteiger partial charge is 0.359 e. The van der Waals surface area contributed by atoms with Crippen LogP contribution in [0.1, 0.15) is 31.4 Å². The van der Waals surface area contributed by atoms with Crippen LogP contribution in [0.5, 0.6) is 0 Å². The Labute approximate surface area is 204 Å². The van der Waals surface area contributed by atoms with Gasteiger partial charge in [-0.05, 0) is 56.5 Å². The third-order valence-electron chi connectivity index (χ3n) is 5.60. The van der Waals surface area contributed by atoms with Gasteiger partial charge in [-0.25, -0.2) is 0 Å². The average Bonchev–Trinajstić information content (AvgIpc) is 3.25. The summed E-state index contributed by atoms with van der Waals surface area (Å²) in [6, 6.07) is 9.44. The van der Waals surface area contributed by atoms with E-state index in [0.717, 1.165) is 12.0 Å². The van der Waals surface area contributed by atoms with E-state index in [4.69, 9.17) is 9.26 Å². The van der Waals surface area contributed by atoms with Gasteiger partial charge < -0.3 is 14.2 Å². The van der Waals surface area contributed by atoms with E-state index in [0.29, 0.717) is 25.3 Å². The molecule has 0 bridgehead atoms. The second-order valence-electron chi connectivity index (χ2n) is 7.90. The lowest BCUT2D eigenvalue weighted by Crippen LogP contribution is -2.39. The first kappa shape index (κ1) is 25.4. The summed E-state index contributed by atoms with van der Waals surface area (Å²) < 4.78 is 75.8. The lowest BCUT2D eigenvalue weighted by molar-refractivity contribution is -0.0429. The maximum Gasteiger partial charge on any atom is 0.516 e. The van der Waals surface area contributed by atoms with E-state index in [1.165, 1.54) is 18.2 Å². The third-order valence-corrected chi connectivity index (χ3v) is 6.70. The third kappa shape index (κ3) is 4.84. The summed E-state index contributed by atoms with van der Waals surface area (Å²) in [4.78, 5) is 1.85. The summed E-state index contributed by atoms with van der Waals surface area (Å²) >= 11 is 0. The van der Waals surface area contributed by atoms with Gasteiger partial charge in [0, 0.05) is 18.8 Å². The molecule has 14 heteroatoms. The van der Waals surface area contributed by atoms with Crippen LogP contribution in [0.4, 0.5) is 36.1 Å². The molecule has 1 aliphatic rings. The second-order valence-corrected chi connectivity index (χ2v) is 9.57. The van der Waals surface area contributed by atoms with Crippen LogP contribution in [0.3, 0.4) is 0 Å². The van der Waals surface area contributed by atoms with Crippen LogP contribution in [0, 0.1) is 11.3 Å². The van der Waals surface area contributed by atoms with Crippen molar-refractivity contribution in [1.82, 2.24) is 5.16 Å². The van der Waals surface area contributed by atoms with Crippen molar-refractivity contribution in [2.24, 2.45) is 10.2 Å². The minimum atomic E-state index is -5.74. The van der Waals surface area contributed by atoms with E-state index in [2.05, 4.69) is 15.4 Å². The van der Waals surface area contributed by atoms with Gasteiger partial charge in [0.2, 0.25) is 5.82 Å². The number of aromatic nitrogens is 1.